The number of phenolic OH excluding ortho intramolecular Hbond substituents is 1. The van der Waals surface area contributed by atoms with Crippen molar-refractivity contribution < 1.29 is 24.2 Å². The van der Waals surface area contributed by atoms with Crippen molar-refractivity contribution >= 4 is 29.0 Å². The third-order valence-corrected chi connectivity index (χ3v) is 4.53. The first kappa shape index (κ1) is 23.0. The Hall–Kier alpha value is -4.71. The summed E-state index contributed by atoms with van der Waals surface area (Å²) in [6, 6.07) is 18.9. The number of urea groups is 1. The molecule has 0 aliphatic heterocycles. The molecule has 0 spiro atoms. The lowest BCUT2D eigenvalue weighted by Crippen LogP contribution is -2.30. The first-order chi connectivity index (χ1) is 15.9. The van der Waals surface area contributed by atoms with Gasteiger partial charge in [-0.1, -0.05) is 0 Å². The van der Waals surface area contributed by atoms with Crippen LogP contribution >= 0.6 is 0 Å². The van der Waals surface area contributed by atoms with Gasteiger partial charge in [0.05, 0.1) is 24.4 Å². The van der Waals surface area contributed by atoms with Crippen LogP contribution in [0.15, 0.2) is 66.7 Å². The van der Waals surface area contributed by atoms with Crippen LogP contribution in [0.2, 0.25) is 0 Å². The molecule has 0 aliphatic rings. The second-order valence-electron chi connectivity index (χ2n) is 6.93. The number of methoxy groups -OCH3 is 1. The average Bonchev–Trinajstić information content (AvgIpc) is 2.81. The molecule has 3 aromatic rings. The molecule has 1 atom stereocenters. The van der Waals surface area contributed by atoms with E-state index < -0.39 is 18.0 Å². The first-order valence-electron chi connectivity index (χ1n) is 9.90. The van der Waals surface area contributed by atoms with E-state index in [9.17, 15) is 14.7 Å². The van der Waals surface area contributed by atoms with Gasteiger partial charge >= 0.3 is 6.03 Å². The van der Waals surface area contributed by atoms with E-state index in [1.807, 2.05) is 6.07 Å². The number of hydrogen-bond acceptors (Lipinski definition) is 6. The number of phenols is 1. The first-order valence-corrected chi connectivity index (χ1v) is 9.90. The molecule has 4 N–H and O–H groups in total. The molecule has 0 radical (unpaired) electrons. The van der Waals surface area contributed by atoms with Crippen molar-refractivity contribution in [1.82, 2.24) is 0 Å². The molecule has 0 fully saturated rings. The Bertz CT molecular complexity index is 1170. The lowest BCUT2D eigenvalue weighted by molar-refractivity contribution is -0.122. The third-order valence-electron chi connectivity index (χ3n) is 4.53. The molecule has 3 rings (SSSR count). The maximum absolute atomic E-state index is 12.4. The van der Waals surface area contributed by atoms with Gasteiger partial charge in [-0.05, 0) is 67.6 Å². The molecule has 9 heteroatoms. The molecule has 9 nitrogen and oxygen atoms in total. The molecule has 0 aliphatic carbocycles. The smallest absolute Gasteiger partial charge is 0.323 e. The van der Waals surface area contributed by atoms with Gasteiger partial charge in [0.2, 0.25) is 0 Å². The predicted molar refractivity (Wildman–Crippen MR) is 124 cm³/mol. The Morgan fingerprint density at radius 2 is 1.55 bits per heavy atom. The molecule has 0 saturated heterocycles. The molecule has 168 valence electrons. The summed E-state index contributed by atoms with van der Waals surface area (Å²) in [6.07, 6.45) is -0.795. The second kappa shape index (κ2) is 10.5. The van der Waals surface area contributed by atoms with Crippen molar-refractivity contribution in [3.05, 3.63) is 72.3 Å². The van der Waals surface area contributed by atoms with Crippen molar-refractivity contribution in [2.75, 3.05) is 23.1 Å². The monoisotopic (exact) mass is 446 g/mol. The lowest BCUT2D eigenvalue weighted by Gasteiger charge is -2.16. The van der Waals surface area contributed by atoms with E-state index >= 15 is 0 Å². The van der Waals surface area contributed by atoms with Gasteiger partial charge in [0, 0.05) is 17.4 Å². The number of hydrogen-bond donors (Lipinski definition) is 4. The molecule has 0 saturated carbocycles. The topological polar surface area (TPSA) is 133 Å². The molecular weight excluding hydrogens is 424 g/mol. The maximum Gasteiger partial charge on any atom is 0.323 e. The minimum Gasteiger partial charge on any atom is -0.506 e. The fraction of sp³-hybridized carbons (Fsp3) is 0.125. The number of ether oxygens (including phenoxy) is 2. The van der Waals surface area contributed by atoms with E-state index in [1.54, 1.807) is 62.6 Å². The van der Waals surface area contributed by atoms with E-state index in [1.165, 1.54) is 18.2 Å². The molecule has 1 unspecified atom stereocenters. The van der Waals surface area contributed by atoms with Gasteiger partial charge < -0.3 is 30.5 Å². The van der Waals surface area contributed by atoms with Gasteiger partial charge in [0.25, 0.3) is 5.91 Å². The van der Waals surface area contributed by atoms with Gasteiger partial charge in [-0.2, -0.15) is 5.26 Å². The molecule has 3 aromatic carbocycles. The zero-order valence-corrected chi connectivity index (χ0v) is 18.0. The van der Waals surface area contributed by atoms with Crippen LogP contribution < -0.4 is 25.4 Å². The van der Waals surface area contributed by atoms with Gasteiger partial charge in [0.15, 0.2) is 6.10 Å². The van der Waals surface area contributed by atoms with Gasteiger partial charge in [-0.15, -0.1) is 0 Å². The fourth-order valence-electron chi connectivity index (χ4n) is 2.78. The molecule has 0 heterocycles. The number of benzene rings is 3. The number of nitriles is 1. The molecule has 0 aromatic heterocycles. The summed E-state index contributed by atoms with van der Waals surface area (Å²) in [6.45, 7) is 1.60. The van der Waals surface area contributed by atoms with Crippen LogP contribution in [0.25, 0.3) is 0 Å². The summed E-state index contributed by atoms with van der Waals surface area (Å²) in [7, 11) is 1.56. The number of nitrogens with zero attached hydrogens (tertiary/aromatic N) is 1. The van der Waals surface area contributed by atoms with Crippen LogP contribution in [-0.4, -0.2) is 30.3 Å². The summed E-state index contributed by atoms with van der Waals surface area (Å²) < 4.78 is 10.7. The normalized spacial score (nSPS) is 10.9. The second-order valence-corrected chi connectivity index (χ2v) is 6.93. The van der Waals surface area contributed by atoms with Crippen LogP contribution in [0.3, 0.4) is 0 Å². The van der Waals surface area contributed by atoms with Gasteiger partial charge in [-0.25, -0.2) is 4.79 Å². The van der Waals surface area contributed by atoms with Crippen molar-refractivity contribution in [2.24, 2.45) is 0 Å². The van der Waals surface area contributed by atoms with Crippen molar-refractivity contribution in [3.8, 4) is 23.3 Å². The summed E-state index contributed by atoms with van der Waals surface area (Å²) in [5, 5.41) is 26.8. The zero-order valence-electron chi connectivity index (χ0n) is 18.0. The fourth-order valence-corrected chi connectivity index (χ4v) is 2.78. The third kappa shape index (κ3) is 6.38. The molecule has 33 heavy (non-hydrogen) atoms. The van der Waals surface area contributed by atoms with Crippen molar-refractivity contribution in [2.45, 2.75) is 13.0 Å². The summed E-state index contributed by atoms with van der Waals surface area (Å²) in [4.78, 5) is 24.6. The lowest BCUT2D eigenvalue weighted by atomic mass is 10.2. The highest BCUT2D eigenvalue weighted by Crippen LogP contribution is 2.27. The zero-order chi connectivity index (χ0) is 23.8. The Kier molecular flexibility index (Phi) is 7.34. The number of rotatable bonds is 7. The minimum absolute atomic E-state index is 0.154. The Morgan fingerprint density at radius 1 is 0.909 bits per heavy atom. The predicted octanol–water partition coefficient (Wildman–Crippen LogP) is 4.32. The SMILES string of the molecule is COc1ccc(OC(C)C(=O)Nc2ccc(NC(=O)Nc3ccc(C#N)cc3)c(O)c2)cc1. The van der Waals surface area contributed by atoms with Crippen LogP contribution in [-0.2, 0) is 4.79 Å². The largest absolute Gasteiger partial charge is 0.506 e. The Morgan fingerprint density at radius 3 is 2.15 bits per heavy atom. The van der Waals surface area contributed by atoms with E-state index in [4.69, 9.17) is 14.7 Å². The Balaban J connectivity index is 1.55. The highest BCUT2D eigenvalue weighted by molar-refractivity contribution is 6.01. The standard InChI is InChI=1S/C24H22N4O5/c1-15(33-20-10-8-19(32-2)9-11-20)23(30)26-18-7-12-21(22(29)13-18)28-24(31)27-17-5-3-16(14-25)4-6-17/h3-13,15,29H,1-2H3,(H,26,30)(H2,27,28,31). The summed E-state index contributed by atoms with van der Waals surface area (Å²) >= 11 is 0. The van der Waals surface area contributed by atoms with Crippen molar-refractivity contribution in [1.29, 1.82) is 5.26 Å². The highest BCUT2D eigenvalue weighted by Gasteiger charge is 2.16. The quantitative estimate of drug-likeness (QED) is 0.400. The van der Waals surface area contributed by atoms with E-state index in [0.717, 1.165) is 0 Å². The number of nitrogens with one attached hydrogen (secondary N) is 3. The maximum atomic E-state index is 12.4. The van der Waals surface area contributed by atoms with Gasteiger partial charge in [0.1, 0.15) is 17.2 Å². The number of aromatic hydroxyl groups is 1. The van der Waals surface area contributed by atoms with E-state index in [-0.39, 0.29) is 11.4 Å². The van der Waals surface area contributed by atoms with Crippen LogP contribution in [0.4, 0.5) is 21.9 Å². The Labute approximate surface area is 190 Å². The number of carbonyl (C=O) groups is 2. The van der Waals surface area contributed by atoms with Crippen LogP contribution in [0.1, 0.15) is 12.5 Å². The number of anilines is 3. The van der Waals surface area contributed by atoms with Crippen LogP contribution in [0.5, 0.6) is 17.2 Å². The van der Waals surface area contributed by atoms with Crippen molar-refractivity contribution in [3.63, 3.8) is 0 Å². The number of carbonyl (C=O) groups excluding carboxylic acids is 2. The molecule has 0 bridgehead atoms. The minimum atomic E-state index is -0.795. The number of amides is 3. The van der Waals surface area contributed by atoms with E-state index in [2.05, 4.69) is 16.0 Å². The van der Waals surface area contributed by atoms with E-state index in [0.29, 0.717) is 28.4 Å². The molecular formula is C24H22N4O5. The van der Waals surface area contributed by atoms with Gasteiger partial charge in [-0.3, -0.25) is 4.79 Å². The van der Waals surface area contributed by atoms with Crippen LogP contribution in [0, 0.1) is 11.3 Å². The highest BCUT2D eigenvalue weighted by atomic mass is 16.5. The summed E-state index contributed by atoms with van der Waals surface area (Å²) in [5.74, 6) is 0.541. The summed E-state index contributed by atoms with van der Waals surface area (Å²) in [5.41, 5.74) is 1.45. The average molecular weight is 446 g/mol. The molecule has 3 amide bonds.